The van der Waals surface area contributed by atoms with E-state index in [4.69, 9.17) is 0 Å². The second-order valence-electron chi connectivity index (χ2n) is 17.2. The lowest BCUT2D eigenvalue weighted by Crippen LogP contribution is -1.78. The average Bonchev–Trinajstić information content (AvgIpc) is 4.21. The third kappa shape index (κ3) is 9.24. The first kappa shape index (κ1) is 45.4. The van der Waals surface area contributed by atoms with Gasteiger partial charge in [0, 0.05) is 80.9 Å². The SMILES string of the molecule is Cc1ccc2c(c1)sc1cccnc12.Cc1ccc2sc3ccccc3c2n1.Cc1ccc2sc3cccnc3c2c1.Cc1cccc2sc3cccnc3c12.Cc1cnc2c(c1)sc1ccccc12. The van der Waals surface area contributed by atoms with Gasteiger partial charge in [0.2, 0.25) is 0 Å². The van der Waals surface area contributed by atoms with Crippen molar-refractivity contribution in [1.29, 1.82) is 0 Å². The molecule has 0 amide bonds. The van der Waals surface area contributed by atoms with E-state index in [1.165, 1.54) is 96.2 Å². The molecule has 0 saturated heterocycles. The van der Waals surface area contributed by atoms with Gasteiger partial charge in [-0.2, -0.15) is 0 Å². The van der Waals surface area contributed by atoms with Crippen LogP contribution in [0.4, 0.5) is 0 Å². The predicted molar refractivity (Wildman–Crippen MR) is 309 cm³/mol. The number of aryl methyl sites for hydroxylation is 5. The van der Waals surface area contributed by atoms with Gasteiger partial charge in [-0.1, -0.05) is 72.3 Å². The fourth-order valence-electron chi connectivity index (χ4n) is 8.60. The summed E-state index contributed by atoms with van der Waals surface area (Å²) in [5, 5.41) is 6.42. The molecule has 0 N–H and O–H groups in total. The van der Waals surface area contributed by atoms with Gasteiger partial charge in [-0.3, -0.25) is 24.9 Å². The number of rotatable bonds is 0. The van der Waals surface area contributed by atoms with E-state index in [0.717, 1.165) is 33.3 Å². The van der Waals surface area contributed by atoms with Crippen molar-refractivity contribution < 1.29 is 0 Å². The first-order chi connectivity index (χ1) is 34.2. The van der Waals surface area contributed by atoms with Crippen LogP contribution in [0.3, 0.4) is 0 Å². The van der Waals surface area contributed by atoms with Gasteiger partial charge < -0.3 is 0 Å². The molecule has 15 aromatic rings. The van der Waals surface area contributed by atoms with E-state index in [-0.39, 0.29) is 0 Å². The van der Waals surface area contributed by atoms with Gasteiger partial charge in [0.15, 0.2) is 0 Å². The zero-order chi connectivity index (χ0) is 47.7. The van der Waals surface area contributed by atoms with Crippen molar-refractivity contribution >= 4 is 158 Å². The molecular weight excluding hydrogens is 951 g/mol. The fraction of sp³-hybridized carbons (Fsp3) is 0.0833. The minimum Gasteiger partial charge on any atom is -0.255 e. The maximum atomic E-state index is 4.57. The summed E-state index contributed by atoms with van der Waals surface area (Å²) in [4.78, 5) is 22.3. The Hall–Kier alpha value is -7.05. The molecule has 0 aliphatic rings. The van der Waals surface area contributed by atoms with Crippen LogP contribution in [0.1, 0.15) is 27.9 Å². The first-order valence-corrected chi connectivity index (χ1v) is 27.0. The Labute approximate surface area is 425 Å². The summed E-state index contributed by atoms with van der Waals surface area (Å²) in [6, 6.07) is 55.1. The molecule has 10 heteroatoms. The second kappa shape index (κ2) is 19.7. The molecule has 0 aliphatic carbocycles. The van der Waals surface area contributed by atoms with Crippen molar-refractivity contribution in [3.8, 4) is 0 Å². The van der Waals surface area contributed by atoms with Gasteiger partial charge in [0.25, 0.3) is 0 Å². The molecule has 0 bridgehead atoms. The van der Waals surface area contributed by atoms with Crippen molar-refractivity contribution in [2.24, 2.45) is 0 Å². The highest BCUT2D eigenvalue weighted by molar-refractivity contribution is 7.27. The minimum atomic E-state index is 1.08. The van der Waals surface area contributed by atoms with Crippen LogP contribution < -0.4 is 0 Å². The van der Waals surface area contributed by atoms with Crippen molar-refractivity contribution in [1.82, 2.24) is 24.9 Å². The van der Waals surface area contributed by atoms with Crippen LogP contribution in [0.5, 0.6) is 0 Å². The Morgan fingerprint density at radius 3 is 1.50 bits per heavy atom. The van der Waals surface area contributed by atoms with E-state index in [1.54, 1.807) is 0 Å². The number of hydrogen-bond acceptors (Lipinski definition) is 10. The number of thiophene rings is 5. The molecule has 0 radical (unpaired) electrons. The van der Waals surface area contributed by atoms with Crippen LogP contribution in [0.2, 0.25) is 0 Å². The lowest BCUT2D eigenvalue weighted by molar-refractivity contribution is 1.27. The van der Waals surface area contributed by atoms with E-state index in [2.05, 4.69) is 192 Å². The summed E-state index contributed by atoms with van der Waals surface area (Å²) in [5.41, 5.74) is 11.9. The maximum absolute atomic E-state index is 4.57. The normalized spacial score (nSPS) is 11.2. The smallest absolute Gasteiger partial charge is 0.0891 e. The molecule has 0 spiro atoms. The second-order valence-corrected chi connectivity index (χ2v) is 22.6. The maximum Gasteiger partial charge on any atom is 0.0891 e. The van der Waals surface area contributed by atoms with E-state index >= 15 is 0 Å². The summed E-state index contributed by atoms with van der Waals surface area (Å²) in [6.45, 7) is 10.5. The van der Waals surface area contributed by atoms with Gasteiger partial charge >= 0.3 is 0 Å². The number of pyridine rings is 5. The summed E-state index contributed by atoms with van der Waals surface area (Å²) in [6.07, 6.45) is 7.51. The zero-order valence-corrected chi connectivity index (χ0v) is 43.2. The van der Waals surface area contributed by atoms with E-state index < -0.39 is 0 Å². The van der Waals surface area contributed by atoms with Crippen LogP contribution in [0, 0.1) is 34.6 Å². The third-order valence-corrected chi connectivity index (χ3v) is 17.5. The van der Waals surface area contributed by atoms with Crippen LogP contribution >= 0.6 is 56.7 Å². The number of hydrogen-bond donors (Lipinski definition) is 0. The molecule has 0 atom stereocenters. The molecule has 70 heavy (non-hydrogen) atoms. The molecule has 340 valence electrons. The van der Waals surface area contributed by atoms with E-state index in [1.807, 2.05) is 107 Å². The summed E-state index contributed by atoms with van der Waals surface area (Å²) >= 11 is 9.06. The summed E-state index contributed by atoms with van der Waals surface area (Å²) in [5.74, 6) is 0. The number of nitrogens with zero attached hydrogens (tertiary/aromatic N) is 5. The molecule has 10 aromatic heterocycles. The average molecular weight is 996 g/mol. The Kier molecular flexibility index (Phi) is 12.8. The molecule has 0 saturated carbocycles. The fourth-order valence-corrected chi connectivity index (χ4v) is 14.2. The topological polar surface area (TPSA) is 64.5 Å². The molecule has 10 heterocycles. The Balaban J connectivity index is 0.0000000952. The van der Waals surface area contributed by atoms with Crippen molar-refractivity contribution in [3.05, 3.63) is 210 Å². The highest BCUT2D eigenvalue weighted by Crippen LogP contribution is 2.37. The monoisotopic (exact) mass is 995 g/mol. The molecule has 5 nitrogen and oxygen atoms in total. The third-order valence-electron chi connectivity index (χ3n) is 11.9. The zero-order valence-electron chi connectivity index (χ0n) is 39.1. The van der Waals surface area contributed by atoms with Crippen LogP contribution in [0.25, 0.3) is 102 Å². The predicted octanol–water partition coefficient (Wildman–Crippen LogP) is 18.8. The largest absolute Gasteiger partial charge is 0.255 e. The first-order valence-electron chi connectivity index (χ1n) is 22.9. The Morgan fingerprint density at radius 2 is 0.771 bits per heavy atom. The molecule has 15 rings (SSSR count). The van der Waals surface area contributed by atoms with Gasteiger partial charge in [0.05, 0.1) is 51.1 Å². The molecule has 0 unspecified atom stereocenters. The number of fused-ring (bicyclic) bond motifs is 15. The number of aromatic nitrogens is 5. The Morgan fingerprint density at radius 1 is 0.300 bits per heavy atom. The highest BCUT2D eigenvalue weighted by Gasteiger charge is 2.09. The Bertz CT molecular complexity index is 4110. The highest BCUT2D eigenvalue weighted by atomic mass is 32.1. The standard InChI is InChI=1S/5C12H9NS/c1-8-4-2-5-9-11(8)12-10(14-9)6-3-7-13-12;1-8-4-5-10-9(7-8)12-11(14-10)3-2-6-13-12;1-8-4-5-9-11(7-8)14-10-3-2-6-13-12(9)10;1-8-6-11-12(13-7-8)9-4-2-3-5-10(9)14-11;1-8-6-7-11-12(13-8)9-4-2-3-5-10(9)14-11/h5*2-7H,1H3. The van der Waals surface area contributed by atoms with Crippen LogP contribution in [-0.2, 0) is 0 Å². The quantitative estimate of drug-likeness (QED) is 0.151. The van der Waals surface area contributed by atoms with Gasteiger partial charge in [-0.05, 0) is 142 Å². The lowest BCUT2D eigenvalue weighted by atomic mass is 10.1. The minimum absolute atomic E-state index is 1.08. The summed E-state index contributed by atoms with van der Waals surface area (Å²) in [7, 11) is 0. The van der Waals surface area contributed by atoms with E-state index in [0.29, 0.717) is 0 Å². The van der Waals surface area contributed by atoms with Crippen molar-refractivity contribution in [2.45, 2.75) is 34.6 Å². The van der Waals surface area contributed by atoms with Gasteiger partial charge in [0.1, 0.15) is 0 Å². The van der Waals surface area contributed by atoms with Crippen LogP contribution in [0.15, 0.2) is 183 Å². The molecule has 0 fully saturated rings. The van der Waals surface area contributed by atoms with Gasteiger partial charge in [-0.15, -0.1) is 56.7 Å². The van der Waals surface area contributed by atoms with Crippen LogP contribution in [-0.4, -0.2) is 24.9 Å². The van der Waals surface area contributed by atoms with Crippen molar-refractivity contribution in [2.75, 3.05) is 0 Å². The lowest BCUT2D eigenvalue weighted by Gasteiger charge is -1.94. The van der Waals surface area contributed by atoms with Crippen molar-refractivity contribution in [3.63, 3.8) is 0 Å². The number of benzene rings is 5. The van der Waals surface area contributed by atoms with E-state index in [9.17, 15) is 0 Å². The van der Waals surface area contributed by atoms with Gasteiger partial charge in [-0.25, -0.2) is 0 Å². The molecule has 0 aliphatic heterocycles. The summed E-state index contributed by atoms with van der Waals surface area (Å²) < 4.78 is 13.0. The molecule has 5 aromatic carbocycles. The molecular formula is C60H45N5S5.